The molecule has 0 spiro atoms. The van der Waals surface area contributed by atoms with Gasteiger partial charge in [-0.15, -0.1) is 0 Å². The van der Waals surface area contributed by atoms with Crippen LogP contribution in [0.15, 0.2) is 42.4 Å². The van der Waals surface area contributed by atoms with Crippen LogP contribution in [-0.4, -0.2) is 82.0 Å². The Balaban J connectivity index is 1.47. The molecule has 0 bridgehead atoms. The van der Waals surface area contributed by atoms with E-state index in [1.165, 1.54) is 6.92 Å². The number of ether oxygens (including phenoxy) is 2. The van der Waals surface area contributed by atoms with Gasteiger partial charge in [0.1, 0.15) is 23.7 Å². The second kappa shape index (κ2) is 20.4. The van der Waals surface area contributed by atoms with Crippen molar-refractivity contribution in [1.82, 2.24) is 4.90 Å². The van der Waals surface area contributed by atoms with Gasteiger partial charge in [0.2, 0.25) is 12.2 Å². The number of Topliss-reactive ketones (excluding diaryl/α,β-unsaturated/α-hetero) is 2. The third kappa shape index (κ3) is 12.4. The van der Waals surface area contributed by atoms with Gasteiger partial charge in [-0.25, -0.2) is 0 Å². The molecule has 0 saturated carbocycles. The van der Waals surface area contributed by atoms with Crippen LogP contribution in [-0.2, 0) is 20.7 Å². The monoisotopic (exact) mass is 671 g/mol. The molecule has 1 fully saturated rings. The summed E-state index contributed by atoms with van der Waals surface area (Å²) in [5, 5.41) is 29.9. The molecule has 1 aliphatic rings. The highest BCUT2D eigenvalue weighted by Crippen LogP contribution is 2.29. The Hall–Kier alpha value is -3.11. The van der Waals surface area contributed by atoms with Gasteiger partial charge in [0.15, 0.2) is 5.78 Å². The molecule has 266 valence electrons. The first kappa shape index (κ1) is 33.4. The van der Waals surface area contributed by atoms with E-state index in [-0.39, 0.29) is 72.0 Å². The lowest BCUT2D eigenvalue weighted by Crippen LogP contribution is -2.56. The van der Waals surface area contributed by atoms with Crippen LogP contribution in [0.4, 0.5) is 0 Å². The molecule has 0 radical (unpaired) electrons. The number of unbranched alkanes of at least 4 members (excludes halogenated alkanes) is 6. The largest absolute Gasteiger partial charge is 0.465 e. The predicted molar refractivity (Wildman–Crippen MR) is 186 cm³/mol. The molecule has 3 rings (SSSR count). The quantitative estimate of drug-likeness (QED) is 0.111. The zero-order valence-corrected chi connectivity index (χ0v) is 29.1. The van der Waals surface area contributed by atoms with E-state index in [1.807, 2.05) is 13.0 Å². The first-order valence-corrected chi connectivity index (χ1v) is 17.5. The molecule has 5 unspecified atom stereocenters. The summed E-state index contributed by atoms with van der Waals surface area (Å²) in [6.07, 6.45) is 3.45. The molecule has 2 aromatic carbocycles. The fourth-order valence-electron chi connectivity index (χ4n) is 5.86. The average molecular weight is 672 g/mol. The second-order valence-corrected chi connectivity index (χ2v) is 13.0. The number of aliphatic hydroxyl groups excluding tert-OH is 3. The number of hydrogen-bond acceptors (Lipinski definition) is 8. The van der Waals surface area contributed by atoms with Gasteiger partial charge in [-0.2, -0.15) is 0 Å². The SMILES string of the molecule is [2H]c1c([2H])c(C)c([2H])c(C(=O)CCCCCCCN(CCC(=O)Cc2ccc(OC3OC(CO)C(O)C(O)C3C)cc2C)C(=O)CCCCC)c1[2H]. The van der Waals surface area contributed by atoms with E-state index in [2.05, 4.69) is 6.92 Å². The Morgan fingerprint density at radius 2 is 1.67 bits per heavy atom. The lowest BCUT2D eigenvalue weighted by molar-refractivity contribution is -0.256. The average Bonchev–Trinajstić information content (AvgIpc) is 3.12. The minimum atomic E-state index is -1.21. The van der Waals surface area contributed by atoms with Crippen LogP contribution < -0.4 is 4.74 Å². The molecule has 0 aliphatic carbocycles. The van der Waals surface area contributed by atoms with Crippen LogP contribution in [0.3, 0.4) is 0 Å². The summed E-state index contributed by atoms with van der Waals surface area (Å²) in [6.45, 7) is 7.60. The van der Waals surface area contributed by atoms with Gasteiger partial charge < -0.3 is 29.7 Å². The molecule has 1 heterocycles. The summed E-state index contributed by atoms with van der Waals surface area (Å²) in [7, 11) is 0. The lowest BCUT2D eigenvalue weighted by Gasteiger charge is -2.40. The Kier molecular flexibility index (Phi) is 14.2. The van der Waals surface area contributed by atoms with Gasteiger partial charge in [0.25, 0.3) is 0 Å². The number of amides is 1. The van der Waals surface area contributed by atoms with Crippen molar-refractivity contribution in [2.45, 2.75) is 129 Å². The maximum Gasteiger partial charge on any atom is 0.222 e. The standard InChI is InChI=1S/C39H57NO8/c1-5-6-10-17-36(44)40(21-12-9-7-8-11-16-34(43)31-15-13-14-27(2)23-31)22-20-32(42)25-30-18-19-33(24-28(30)3)47-39-29(4)37(45)38(46)35(26-41)48-39/h13-15,18-19,23-24,29,35,37-39,41,45-46H,5-12,16-17,20-22,25-26H2,1-4H3/i13D,14D,15D,23D. The number of aryl methyl sites for hydroxylation is 1. The summed E-state index contributed by atoms with van der Waals surface area (Å²) in [5.74, 6) is -0.353. The summed E-state index contributed by atoms with van der Waals surface area (Å²) in [5.41, 5.74) is 1.83. The van der Waals surface area contributed by atoms with E-state index < -0.39 is 37.1 Å². The topological polar surface area (TPSA) is 134 Å². The molecule has 1 saturated heterocycles. The zero-order valence-electron chi connectivity index (χ0n) is 33.1. The van der Waals surface area contributed by atoms with Crippen LogP contribution >= 0.6 is 0 Å². The van der Waals surface area contributed by atoms with E-state index in [4.69, 9.17) is 15.0 Å². The van der Waals surface area contributed by atoms with E-state index in [9.17, 15) is 29.7 Å². The third-order valence-corrected chi connectivity index (χ3v) is 9.01. The van der Waals surface area contributed by atoms with Gasteiger partial charge in [-0.1, -0.05) is 75.7 Å². The fourth-order valence-corrected chi connectivity index (χ4v) is 5.86. The van der Waals surface area contributed by atoms with E-state index in [0.29, 0.717) is 31.7 Å². The first-order valence-electron chi connectivity index (χ1n) is 19.5. The van der Waals surface area contributed by atoms with Crippen LogP contribution in [0, 0.1) is 19.8 Å². The van der Waals surface area contributed by atoms with Gasteiger partial charge >= 0.3 is 0 Å². The number of ketones is 2. The summed E-state index contributed by atoms with van der Waals surface area (Å²) < 4.78 is 43.6. The highest BCUT2D eigenvalue weighted by molar-refractivity contribution is 5.96. The molecule has 1 aliphatic heterocycles. The maximum atomic E-state index is 13.1. The Morgan fingerprint density at radius 1 is 0.938 bits per heavy atom. The van der Waals surface area contributed by atoms with Crippen molar-refractivity contribution in [3.63, 3.8) is 0 Å². The maximum absolute atomic E-state index is 13.1. The summed E-state index contributed by atoms with van der Waals surface area (Å²) in [4.78, 5) is 40.8. The highest BCUT2D eigenvalue weighted by Gasteiger charge is 2.43. The van der Waals surface area contributed by atoms with Gasteiger partial charge in [0.05, 0.1) is 18.2 Å². The van der Waals surface area contributed by atoms with Crippen molar-refractivity contribution in [2.75, 3.05) is 19.7 Å². The Bertz CT molecular complexity index is 1490. The van der Waals surface area contributed by atoms with E-state index in [0.717, 1.165) is 56.1 Å². The van der Waals surface area contributed by atoms with Crippen LogP contribution in [0.25, 0.3) is 0 Å². The second-order valence-electron chi connectivity index (χ2n) is 13.0. The summed E-state index contributed by atoms with van der Waals surface area (Å²) >= 11 is 0. The van der Waals surface area contributed by atoms with Crippen molar-refractivity contribution in [3.8, 4) is 5.75 Å². The van der Waals surface area contributed by atoms with Gasteiger partial charge in [-0.3, -0.25) is 14.4 Å². The molecule has 0 aromatic heterocycles. The normalized spacial score (nSPS) is 21.9. The number of nitrogens with zero attached hydrogens (tertiary/aromatic N) is 1. The van der Waals surface area contributed by atoms with Crippen LogP contribution in [0.2, 0.25) is 0 Å². The predicted octanol–water partition coefficient (Wildman–Crippen LogP) is 5.89. The smallest absolute Gasteiger partial charge is 0.222 e. The molecule has 3 N–H and O–H groups in total. The number of carbonyl (C=O) groups is 3. The van der Waals surface area contributed by atoms with Crippen LogP contribution in [0.1, 0.15) is 117 Å². The minimum absolute atomic E-state index is 0.0108. The number of rotatable bonds is 21. The van der Waals surface area contributed by atoms with Crippen molar-refractivity contribution < 1.29 is 44.7 Å². The van der Waals surface area contributed by atoms with Crippen LogP contribution in [0.5, 0.6) is 5.75 Å². The van der Waals surface area contributed by atoms with E-state index >= 15 is 0 Å². The van der Waals surface area contributed by atoms with E-state index in [1.54, 1.807) is 24.0 Å². The molecule has 9 heteroatoms. The molecule has 2 aromatic rings. The minimum Gasteiger partial charge on any atom is -0.465 e. The highest BCUT2D eigenvalue weighted by atomic mass is 16.7. The molecular weight excluding hydrogens is 610 g/mol. The number of carbonyl (C=O) groups excluding carboxylic acids is 3. The molecule has 1 amide bonds. The Labute approximate surface area is 292 Å². The first-order chi connectivity index (χ1) is 24.7. The van der Waals surface area contributed by atoms with Crippen molar-refractivity contribution in [2.24, 2.45) is 5.92 Å². The molecular formula is C39H57NO8. The lowest BCUT2D eigenvalue weighted by atomic mass is 9.92. The third-order valence-electron chi connectivity index (χ3n) is 9.01. The molecule has 9 nitrogen and oxygen atoms in total. The number of benzene rings is 2. The Morgan fingerprint density at radius 3 is 2.40 bits per heavy atom. The van der Waals surface area contributed by atoms with Gasteiger partial charge in [-0.05, 0) is 62.4 Å². The molecule has 5 atom stereocenters. The van der Waals surface area contributed by atoms with Crippen molar-refractivity contribution in [3.05, 3.63) is 64.6 Å². The molecule has 48 heavy (non-hydrogen) atoms. The summed E-state index contributed by atoms with van der Waals surface area (Å²) in [6, 6.07) is 4.31. The van der Waals surface area contributed by atoms with Crippen molar-refractivity contribution >= 4 is 17.5 Å². The fraction of sp³-hybridized carbons (Fsp3) is 0.615. The number of hydrogen-bond donors (Lipinski definition) is 3. The van der Waals surface area contributed by atoms with Gasteiger partial charge in [0, 0.05) is 50.3 Å². The zero-order chi connectivity index (χ0) is 38.5. The number of aliphatic hydroxyl groups is 3. The van der Waals surface area contributed by atoms with Crippen molar-refractivity contribution in [1.29, 1.82) is 0 Å².